The molecule has 0 saturated heterocycles. The number of hydrogen-bond acceptors (Lipinski definition) is 0. The van der Waals surface area contributed by atoms with Crippen LogP contribution in [0.25, 0.3) is 27.5 Å². The van der Waals surface area contributed by atoms with Gasteiger partial charge in [0.2, 0.25) is 0 Å². The third kappa shape index (κ3) is 2.32. The lowest BCUT2D eigenvalue weighted by molar-refractivity contribution is 0.727. The normalized spacial score (nSPS) is 13.8. The number of aromatic nitrogens is 1. The number of nitrogens with zero attached hydrogens (tertiary/aromatic N) is 1. The molecule has 0 atom stereocenters. The summed E-state index contributed by atoms with van der Waals surface area (Å²) >= 11 is 0. The zero-order chi connectivity index (χ0) is 22.0. The molecule has 7 rings (SSSR count). The van der Waals surface area contributed by atoms with Gasteiger partial charge in [-0.15, -0.1) is 0 Å². The van der Waals surface area contributed by atoms with E-state index in [9.17, 15) is 0 Å². The number of rotatable bonds is 2. The van der Waals surface area contributed by atoms with E-state index in [1.165, 1.54) is 55.3 Å². The van der Waals surface area contributed by atoms with Gasteiger partial charge in [-0.25, -0.2) is 0 Å². The summed E-state index contributed by atoms with van der Waals surface area (Å²) in [7, 11) is 0. The van der Waals surface area contributed by atoms with E-state index in [1.807, 2.05) is 0 Å². The Labute approximate surface area is 193 Å². The van der Waals surface area contributed by atoms with Gasteiger partial charge in [0.05, 0.1) is 22.1 Å². The zero-order valence-corrected chi connectivity index (χ0v) is 18.5. The second-order valence-corrected chi connectivity index (χ2v) is 9.06. The topological polar surface area (TPSA) is 4.93 Å². The summed E-state index contributed by atoms with van der Waals surface area (Å²) in [6.07, 6.45) is 0. The molecule has 0 radical (unpaired) electrons. The fraction of sp³-hybridized carbons (Fsp3) is 0.0625. The van der Waals surface area contributed by atoms with Crippen LogP contribution in [0.5, 0.6) is 0 Å². The summed E-state index contributed by atoms with van der Waals surface area (Å²) in [5.74, 6) is 0. The molecule has 0 saturated carbocycles. The first-order valence-corrected chi connectivity index (χ1v) is 11.6. The summed E-state index contributed by atoms with van der Waals surface area (Å²) in [5.41, 5.74) is 10.00. The highest BCUT2D eigenvalue weighted by atomic mass is 15.0. The Morgan fingerprint density at radius 2 is 1.15 bits per heavy atom. The molecular weight excluding hydrogens is 398 g/mol. The molecule has 0 aliphatic carbocycles. The Morgan fingerprint density at radius 3 is 1.88 bits per heavy atom. The molecule has 6 aromatic rings. The van der Waals surface area contributed by atoms with E-state index in [1.54, 1.807) is 0 Å². The van der Waals surface area contributed by atoms with Crippen molar-refractivity contribution in [2.45, 2.75) is 12.3 Å². The van der Waals surface area contributed by atoms with Crippen molar-refractivity contribution < 1.29 is 0 Å². The molecule has 0 fully saturated rings. The Bertz CT molecular complexity index is 1620. The van der Waals surface area contributed by atoms with E-state index in [0.29, 0.717) is 0 Å². The van der Waals surface area contributed by atoms with Crippen molar-refractivity contribution in [2.24, 2.45) is 0 Å². The molecule has 0 spiro atoms. The van der Waals surface area contributed by atoms with Gasteiger partial charge in [0.25, 0.3) is 0 Å². The van der Waals surface area contributed by atoms with Crippen molar-refractivity contribution in [3.63, 3.8) is 0 Å². The van der Waals surface area contributed by atoms with Crippen molar-refractivity contribution in [3.8, 4) is 5.69 Å². The largest absolute Gasteiger partial charge is 0.309 e. The Hall–Kier alpha value is -4.10. The summed E-state index contributed by atoms with van der Waals surface area (Å²) in [6, 6.07) is 44.6. The molecular formula is C32H23N. The van der Waals surface area contributed by atoms with Crippen molar-refractivity contribution in [1.82, 2.24) is 4.57 Å². The number of hydrogen-bond donors (Lipinski definition) is 0. The van der Waals surface area contributed by atoms with Gasteiger partial charge in [-0.3, -0.25) is 0 Å². The van der Waals surface area contributed by atoms with E-state index >= 15 is 0 Å². The molecule has 0 amide bonds. The first kappa shape index (κ1) is 18.5. The number of para-hydroxylation sites is 2. The Morgan fingerprint density at radius 1 is 0.545 bits per heavy atom. The van der Waals surface area contributed by atoms with Crippen molar-refractivity contribution in [1.29, 1.82) is 0 Å². The first-order valence-electron chi connectivity index (χ1n) is 11.6. The van der Waals surface area contributed by atoms with Crippen LogP contribution in [0.15, 0.2) is 121 Å². The monoisotopic (exact) mass is 421 g/mol. The van der Waals surface area contributed by atoms with Gasteiger partial charge in [0.1, 0.15) is 0 Å². The molecule has 1 aromatic heterocycles. The molecule has 33 heavy (non-hydrogen) atoms. The van der Waals surface area contributed by atoms with E-state index in [-0.39, 0.29) is 0 Å². The zero-order valence-electron chi connectivity index (χ0n) is 18.5. The van der Waals surface area contributed by atoms with Crippen LogP contribution in [-0.2, 0) is 5.41 Å². The van der Waals surface area contributed by atoms with Gasteiger partial charge < -0.3 is 4.57 Å². The molecule has 0 unspecified atom stereocenters. The van der Waals surface area contributed by atoms with Gasteiger partial charge in [0.15, 0.2) is 0 Å². The molecule has 5 aromatic carbocycles. The average molecular weight is 422 g/mol. The van der Waals surface area contributed by atoms with Crippen LogP contribution in [0.1, 0.15) is 27.8 Å². The van der Waals surface area contributed by atoms with Crippen molar-refractivity contribution in [3.05, 3.63) is 149 Å². The summed E-state index contributed by atoms with van der Waals surface area (Å²) in [4.78, 5) is 0. The fourth-order valence-corrected chi connectivity index (χ4v) is 6.07. The van der Waals surface area contributed by atoms with Crippen LogP contribution in [0.4, 0.5) is 0 Å². The molecule has 1 aliphatic heterocycles. The predicted molar refractivity (Wildman–Crippen MR) is 137 cm³/mol. The van der Waals surface area contributed by atoms with Crippen LogP contribution >= 0.6 is 0 Å². The van der Waals surface area contributed by atoms with Crippen molar-refractivity contribution in [2.75, 3.05) is 0 Å². The summed E-state index contributed by atoms with van der Waals surface area (Å²) in [5, 5.41) is 2.63. The van der Waals surface area contributed by atoms with Gasteiger partial charge in [-0.2, -0.15) is 0 Å². The Kier molecular flexibility index (Phi) is 3.75. The summed E-state index contributed by atoms with van der Waals surface area (Å²) in [6.45, 7) is 2.23. The molecule has 1 nitrogen and oxygen atoms in total. The maximum atomic E-state index is 2.49. The summed E-state index contributed by atoms with van der Waals surface area (Å²) < 4.78 is 2.49. The minimum absolute atomic E-state index is 0.395. The fourth-order valence-electron chi connectivity index (χ4n) is 6.07. The van der Waals surface area contributed by atoms with Crippen LogP contribution in [0.2, 0.25) is 0 Å². The predicted octanol–water partition coefficient (Wildman–Crippen LogP) is 7.79. The second kappa shape index (κ2) is 6.70. The standard InChI is InChI=1S/C32H23N/c1-22-20-26-25-16-8-10-18-29(25)33-30-19-11-9-17-27(30)32(28(21-22)31(26)33,23-12-4-2-5-13-23)24-14-6-3-7-15-24/h2-21H,1H3. The first-order chi connectivity index (χ1) is 16.3. The molecule has 0 N–H and O–H groups in total. The highest BCUT2D eigenvalue weighted by molar-refractivity contribution is 6.12. The molecule has 2 heterocycles. The van der Waals surface area contributed by atoms with E-state index < -0.39 is 5.41 Å². The highest BCUT2D eigenvalue weighted by Gasteiger charge is 2.45. The maximum Gasteiger partial charge on any atom is 0.0742 e. The van der Waals surface area contributed by atoms with Crippen LogP contribution < -0.4 is 0 Å². The SMILES string of the molecule is Cc1cc2c3c(c1)c1ccccc1n3-c1ccccc1C2(c1ccccc1)c1ccccc1. The third-order valence-corrected chi connectivity index (χ3v) is 7.28. The lowest BCUT2D eigenvalue weighted by Gasteiger charge is -2.42. The quantitative estimate of drug-likeness (QED) is 0.268. The molecule has 1 heteroatoms. The van der Waals surface area contributed by atoms with E-state index in [2.05, 4.69) is 133 Å². The molecule has 0 bridgehead atoms. The van der Waals surface area contributed by atoms with Gasteiger partial charge in [0, 0.05) is 10.8 Å². The number of benzene rings is 5. The van der Waals surface area contributed by atoms with Crippen LogP contribution in [0, 0.1) is 6.92 Å². The van der Waals surface area contributed by atoms with Gasteiger partial charge >= 0.3 is 0 Å². The smallest absolute Gasteiger partial charge is 0.0742 e. The maximum absolute atomic E-state index is 2.49. The Balaban J connectivity index is 1.81. The van der Waals surface area contributed by atoms with Crippen molar-refractivity contribution >= 4 is 21.8 Å². The molecule has 156 valence electrons. The lowest BCUT2D eigenvalue weighted by atomic mass is 9.63. The minimum Gasteiger partial charge on any atom is -0.309 e. The minimum atomic E-state index is -0.395. The average Bonchev–Trinajstić information content (AvgIpc) is 3.21. The third-order valence-electron chi connectivity index (χ3n) is 7.28. The van der Waals surface area contributed by atoms with Crippen LogP contribution in [-0.4, -0.2) is 4.57 Å². The van der Waals surface area contributed by atoms with Gasteiger partial charge in [-0.05, 0) is 47.4 Å². The highest BCUT2D eigenvalue weighted by Crippen LogP contribution is 2.54. The van der Waals surface area contributed by atoms with Crippen LogP contribution in [0.3, 0.4) is 0 Å². The number of aryl methyl sites for hydroxylation is 1. The van der Waals surface area contributed by atoms with E-state index in [4.69, 9.17) is 0 Å². The molecule has 1 aliphatic rings. The van der Waals surface area contributed by atoms with E-state index in [0.717, 1.165) is 0 Å². The number of fused-ring (bicyclic) bond motifs is 5. The van der Waals surface area contributed by atoms with Gasteiger partial charge in [-0.1, -0.05) is 109 Å². The second-order valence-electron chi connectivity index (χ2n) is 9.06. The lowest BCUT2D eigenvalue weighted by Crippen LogP contribution is -2.35.